The molecule has 0 aliphatic heterocycles. The molecule has 0 fully saturated rings. The van der Waals surface area contributed by atoms with Gasteiger partial charge in [-0.3, -0.25) is 9.59 Å². The normalized spacial score (nSPS) is 11.5. The summed E-state index contributed by atoms with van der Waals surface area (Å²) in [7, 11) is 0. The van der Waals surface area contributed by atoms with Gasteiger partial charge in [-0.25, -0.2) is 0 Å². The maximum Gasteiger partial charge on any atom is 0.257 e. The summed E-state index contributed by atoms with van der Waals surface area (Å²) < 4.78 is 5.42. The lowest BCUT2D eigenvalue weighted by molar-refractivity contribution is -0.123. The van der Waals surface area contributed by atoms with E-state index in [0.717, 1.165) is 12.7 Å². The third-order valence-corrected chi connectivity index (χ3v) is 3.71. The van der Waals surface area contributed by atoms with E-state index >= 15 is 0 Å². The van der Waals surface area contributed by atoms with Gasteiger partial charge in [0.25, 0.3) is 5.91 Å². The maximum absolute atomic E-state index is 11.9. The molecule has 0 aliphatic carbocycles. The molecule has 0 aromatic heterocycles. The van der Waals surface area contributed by atoms with E-state index < -0.39 is 0 Å². The SMILES string of the molecule is CCC(CNC(=O)COc1ccccc1C=O)c1ccccc1. The first-order valence-corrected chi connectivity index (χ1v) is 7.73. The van der Waals surface area contributed by atoms with Gasteiger partial charge in [-0.2, -0.15) is 0 Å². The number of amides is 1. The summed E-state index contributed by atoms with van der Waals surface area (Å²) in [5, 5.41) is 2.89. The predicted octanol–water partition coefficient (Wildman–Crippen LogP) is 3.19. The van der Waals surface area contributed by atoms with Gasteiger partial charge >= 0.3 is 0 Å². The van der Waals surface area contributed by atoms with Crippen molar-refractivity contribution in [2.45, 2.75) is 19.3 Å². The Morgan fingerprint density at radius 1 is 1.13 bits per heavy atom. The van der Waals surface area contributed by atoms with E-state index in [0.29, 0.717) is 17.9 Å². The van der Waals surface area contributed by atoms with Crippen molar-refractivity contribution in [3.8, 4) is 5.75 Å². The molecule has 0 bridgehead atoms. The molecular weight excluding hydrogens is 290 g/mol. The number of para-hydroxylation sites is 1. The predicted molar refractivity (Wildman–Crippen MR) is 89.8 cm³/mol. The molecule has 0 heterocycles. The van der Waals surface area contributed by atoms with E-state index in [1.807, 2.05) is 18.2 Å². The lowest BCUT2D eigenvalue weighted by Crippen LogP contribution is -2.32. The van der Waals surface area contributed by atoms with E-state index in [2.05, 4.69) is 24.4 Å². The van der Waals surface area contributed by atoms with Crippen LogP contribution in [-0.2, 0) is 4.79 Å². The standard InChI is InChI=1S/C19H21NO3/c1-2-15(16-8-4-3-5-9-16)12-20-19(22)14-23-18-11-7-6-10-17(18)13-21/h3-11,13,15H,2,12,14H2,1H3,(H,20,22). The van der Waals surface area contributed by atoms with Crippen molar-refractivity contribution in [1.29, 1.82) is 0 Å². The van der Waals surface area contributed by atoms with Crippen molar-refractivity contribution in [3.63, 3.8) is 0 Å². The van der Waals surface area contributed by atoms with Crippen molar-refractivity contribution < 1.29 is 14.3 Å². The van der Waals surface area contributed by atoms with E-state index in [1.165, 1.54) is 5.56 Å². The second kappa shape index (κ2) is 8.73. The first-order valence-electron chi connectivity index (χ1n) is 7.73. The number of carbonyl (C=O) groups excluding carboxylic acids is 2. The average molecular weight is 311 g/mol. The third-order valence-electron chi connectivity index (χ3n) is 3.71. The summed E-state index contributed by atoms with van der Waals surface area (Å²) in [6.07, 6.45) is 1.66. The molecule has 1 unspecified atom stereocenters. The monoisotopic (exact) mass is 311 g/mol. The molecule has 1 amide bonds. The third kappa shape index (κ3) is 4.95. The number of benzene rings is 2. The van der Waals surface area contributed by atoms with Gasteiger partial charge in [0, 0.05) is 12.5 Å². The van der Waals surface area contributed by atoms with Crippen molar-refractivity contribution in [1.82, 2.24) is 5.32 Å². The highest BCUT2D eigenvalue weighted by Gasteiger charge is 2.11. The second-order valence-corrected chi connectivity index (χ2v) is 5.26. The van der Waals surface area contributed by atoms with Gasteiger partial charge in [0.15, 0.2) is 12.9 Å². The zero-order valence-electron chi connectivity index (χ0n) is 13.2. The highest BCUT2D eigenvalue weighted by Crippen LogP contribution is 2.18. The van der Waals surface area contributed by atoms with E-state index in [-0.39, 0.29) is 18.4 Å². The Kier molecular flexibility index (Phi) is 6.36. The summed E-state index contributed by atoms with van der Waals surface area (Å²) in [6, 6.07) is 17.0. The van der Waals surface area contributed by atoms with Crippen molar-refractivity contribution in [3.05, 3.63) is 65.7 Å². The Morgan fingerprint density at radius 3 is 2.52 bits per heavy atom. The largest absolute Gasteiger partial charge is 0.483 e. The Morgan fingerprint density at radius 2 is 1.83 bits per heavy atom. The minimum Gasteiger partial charge on any atom is -0.483 e. The fourth-order valence-corrected chi connectivity index (χ4v) is 2.36. The van der Waals surface area contributed by atoms with Gasteiger partial charge in [0.1, 0.15) is 5.75 Å². The Hall–Kier alpha value is -2.62. The number of rotatable bonds is 8. The highest BCUT2D eigenvalue weighted by molar-refractivity contribution is 5.80. The minimum atomic E-state index is -0.194. The van der Waals surface area contributed by atoms with Gasteiger partial charge in [-0.1, -0.05) is 49.4 Å². The number of nitrogens with one attached hydrogen (secondary N) is 1. The van der Waals surface area contributed by atoms with Crippen LogP contribution in [-0.4, -0.2) is 25.3 Å². The molecule has 1 atom stereocenters. The van der Waals surface area contributed by atoms with Crippen LogP contribution in [0.1, 0.15) is 35.2 Å². The maximum atomic E-state index is 11.9. The summed E-state index contributed by atoms with van der Waals surface area (Å²) >= 11 is 0. The number of aldehydes is 1. The van der Waals surface area contributed by atoms with Crippen LogP contribution >= 0.6 is 0 Å². The average Bonchev–Trinajstić information content (AvgIpc) is 2.61. The van der Waals surface area contributed by atoms with Crippen LogP contribution in [0.2, 0.25) is 0 Å². The zero-order valence-corrected chi connectivity index (χ0v) is 13.2. The van der Waals surface area contributed by atoms with Gasteiger partial charge in [-0.15, -0.1) is 0 Å². The Bertz CT molecular complexity index is 640. The van der Waals surface area contributed by atoms with Crippen LogP contribution in [0, 0.1) is 0 Å². The summed E-state index contributed by atoms with van der Waals surface area (Å²) in [5.41, 5.74) is 1.65. The summed E-state index contributed by atoms with van der Waals surface area (Å²) in [4.78, 5) is 22.8. The second-order valence-electron chi connectivity index (χ2n) is 5.26. The van der Waals surface area contributed by atoms with E-state index in [4.69, 9.17) is 4.74 Å². The van der Waals surface area contributed by atoms with Crippen LogP contribution in [0.15, 0.2) is 54.6 Å². The lowest BCUT2D eigenvalue weighted by Gasteiger charge is -2.16. The minimum absolute atomic E-state index is 0.101. The van der Waals surface area contributed by atoms with Crippen LogP contribution in [0.5, 0.6) is 5.75 Å². The molecule has 120 valence electrons. The van der Waals surface area contributed by atoms with Crippen LogP contribution in [0.4, 0.5) is 0 Å². The molecule has 0 aliphatic rings. The molecule has 2 aromatic rings. The number of hydrogen-bond donors (Lipinski definition) is 1. The lowest BCUT2D eigenvalue weighted by atomic mass is 9.96. The number of hydrogen-bond acceptors (Lipinski definition) is 3. The highest BCUT2D eigenvalue weighted by atomic mass is 16.5. The van der Waals surface area contributed by atoms with Crippen LogP contribution < -0.4 is 10.1 Å². The molecule has 0 saturated heterocycles. The topological polar surface area (TPSA) is 55.4 Å². The molecule has 0 saturated carbocycles. The molecule has 4 nitrogen and oxygen atoms in total. The fourth-order valence-electron chi connectivity index (χ4n) is 2.36. The van der Waals surface area contributed by atoms with Crippen molar-refractivity contribution in [2.24, 2.45) is 0 Å². The summed E-state index contributed by atoms with van der Waals surface area (Å²) in [5.74, 6) is 0.509. The first-order chi connectivity index (χ1) is 11.2. The Balaban J connectivity index is 1.84. The van der Waals surface area contributed by atoms with Gasteiger partial charge in [0.05, 0.1) is 5.56 Å². The molecular formula is C19H21NO3. The first kappa shape index (κ1) is 16.7. The van der Waals surface area contributed by atoms with E-state index in [9.17, 15) is 9.59 Å². The van der Waals surface area contributed by atoms with E-state index in [1.54, 1.807) is 24.3 Å². The summed E-state index contributed by atoms with van der Waals surface area (Å²) in [6.45, 7) is 2.56. The molecule has 1 N–H and O–H groups in total. The van der Waals surface area contributed by atoms with Crippen molar-refractivity contribution in [2.75, 3.05) is 13.2 Å². The van der Waals surface area contributed by atoms with Gasteiger partial charge in [-0.05, 0) is 24.1 Å². The molecule has 0 spiro atoms. The van der Waals surface area contributed by atoms with Gasteiger partial charge < -0.3 is 10.1 Å². The quantitative estimate of drug-likeness (QED) is 0.762. The van der Waals surface area contributed by atoms with Crippen LogP contribution in [0.3, 0.4) is 0 Å². The number of ether oxygens (including phenoxy) is 1. The van der Waals surface area contributed by atoms with Gasteiger partial charge in [0.2, 0.25) is 0 Å². The number of carbonyl (C=O) groups is 2. The smallest absolute Gasteiger partial charge is 0.257 e. The fraction of sp³-hybridized carbons (Fsp3) is 0.263. The molecule has 4 heteroatoms. The zero-order chi connectivity index (χ0) is 16.5. The molecule has 23 heavy (non-hydrogen) atoms. The molecule has 2 rings (SSSR count). The molecule has 0 radical (unpaired) electrons. The Labute approximate surface area is 136 Å². The van der Waals surface area contributed by atoms with Crippen molar-refractivity contribution >= 4 is 12.2 Å². The van der Waals surface area contributed by atoms with Crippen LogP contribution in [0.25, 0.3) is 0 Å². The molecule has 2 aromatic carbocycles.